The molecule has 3 heteroatoms. The van der Waals surface area contributed by atoms with E-state index in [4.69, 9.17) is 4.74 Å². The number of fused-ring (bicyclic) bond motifs is 1. The predicted octanol–water partition coefficient (Wildman–Crippen LogP) is 5.45. The van der Waals surface area contributed by atoms with Crippen molar-refractivity contribution in [2.75, 3.05) is 26.7 Å². The standard InChI is InChI=1S/C22H29NOS/c1-24-20-7-5-17(6-8-20)18-9-13-23(14-10-18)15-11-19-3-2-4-22-21(19)12-16-25-22/h5-8,12,16,18-19H,2-4,9-11,13-15H2,1H3. The normalized spacial score (nSPS) is 21.9. The zero-order valence-electron chi connectivity index (χ0n) is 15.2. The van der Waals surface area contributed by atoms with Crippen LogP contribution < -0.4 is 4.74 Å². The van der Waals surface area contributed by atoms with Crippen LogP contribution in [0.1, 0.15) is 59.9 Å². The molecule has 2 aromatic rings. The average molecular weight is 356 g/mol. The molecule has 1 atom stereocenters. The third-order valence-corrected chi connectivity index (χ3v) is 7.14. The van der Waals surface area contributed by atoms with Gasteiger partial charge in [-0.1, -0.05) is 12.1 Å². The minimum atomic E-state index is 0.723. The highest BCUT2D eigenvalue weighted by Crippen LogP contribution is 2.37. The molecular formula is C22H29NOS. The van der Waals surface area contributed by atoms with Gasteiger partial charge in [0.1, 0.15) is 5.75 Å². The number of hydrogen-bond acceptors (Lipinski definition) is 3. The van der Waals surface area contributed by atoms with Gasteiger partial charge in [-0.3, -0.25) is 0 Å². The fraction of sp³-hybridized carbons (Fsp3) is 0.545. The number of rotatable bonds is 5. The van der Waals surface area contributed by atoms with Crippen molar-refractivity contribution in [3.05, 3.63) is 51.7 Å². The minimum Gasteiger partial charge on any atom is -0.497 e. The molecule has 0 N–H and O–H groups in total. The maximum Gasteiger partial charge on any atom is 0.118 e. The van der Waals surface area contributed by atoms with Gasteiger partial charge in [0.15, 0.2) is 0 Å². The van der Waals surface area contributed by atoms with Crippen LogP contribution in [0.3, 0.4) is 0 Å². The molecule has 2 aliphatic rings. The van der Waals surface area contributed by atoms with E-state index in [0.29, 0.717) is 0 Å². The largest absolute Gasteiger partial charge is 0.497 e. The van der Waals surface area contributed by atoms with Crippen LogP contribution >= 0.6 is 11.3 Å². The molecule has 4 rings (SSSR count). The molecule has 1 aliphatic carbocycles. The lowest BCUT2D eigenvalue weighted by Crippen LogP contribution is -2.34. The van der Waals surface area contributed by atoms with Crippen LogP contribution in [0.4, 0.5) is 0 Å². The van der Waals surface area contributed by atoms with Crippen LogP contribution in [0.25, 0.3) is 0 Å². The van der Waals surface area contributed by atoms with Crippen LogP contribution in [0.2, 0.25) is 0 Å². The number of hydrogen-bond donors (Lipinski definition) is 0. The molecule has 134 valence electrons. The van der Waals surface area contributed by atoms with Crippen LogP contribution in [0.15, 0.2) is 35.7 Å². The van der Waals surface area contributed by atoms with Crippen LogP contribution in [-0.2, 0) is 6.42 Å². The van der Waals surface area contributed by atoms with Crippen LogP contribution in [0.5, 0.6) is 5.75 Å². The van der Waals surface area contributed by atoms with E-state index in [1.54, 1.807) is 17.6 Å². The minimum absolute atomic E-state index is 0.723. The van der Waals surface area contributed by atoms with Gasteiger partial charge in [-0.2, -0.15) is 0 Å². The summed E-state index contributed by atoms with van der Waals surface area (Å²) in [4.78, 5) is 4.36. The Morgan fingerprint density at radius 3 is 2.64 bits per heavy atom. The van der Waals surface area contributed by atoms with Gasteiger partial charge < -0.3 is 9.64 Å². The number of ether oxygens (including phenoxy) is 1. The fourth-order valence-corrected chi connectivity index (χ4v) is 5.60. The lowest BCUT2D eigenvalue weighted by atomic mass is 9.85. The number of benzene rings is 1. The Morgan fingerprint density at radius 2 is 1.88 bits per heavy atom. The highest BCUT2D eigenvalue weighted by atomic mass is 32.1. The van der Waals surface area contributed by atoms with Crippen molar-refractivity contribution in [2.24, 2.45) is 0 Å². The summed E-state index contributed by atoms with van der Waals surface area (Å²) in [5, 5.41) is 2.29. The van der Waals surface area contributed by atoms with Gasteiger partial charge in [0.05, 0.1) is 7.11 Å². The van der Waals surface area contributed by atoms with E-state index in [1.165, 1.54) is 63.7 Å². The Balaban J connectivity index is 1.27. The Kier molecular flexibility index (Phi) is 5.42. The molecule has 0 spiro atoms. The molecule has 1 unspecified atom stereocenters. The van der Waals surface area contributed by atoms with Crippen molar-refractivity contribution in [1.82, 2.24) is 4.90 Å². The number of methoxy groups -OCH3 is 1. The second kappa shape index (κ2) is 7.92. The average Bonchev–Trinajstić information content (AvgIpc) is 3.16. The summed E-state index contributed by atoms with van der Waals surface area (Å²) < 4.78 is 5.27. The molecule has 25 heavy (non-hydrogen) atoms. The van der Waals surface area contributed by atoms with E-state index in [9.17, 15) is 0 Å². The highest BCUT2D eigenvalue weighted by Gasteiger charge is 2.24. The monoisotopic (exact) mass is 355 g/mol. The molecule has 0 amide bonds. The van der Waals surface area contributed by atoms with Gasteiger partial charge in [0, 0.05) is 4.88 Å². The molecule has 2 heterocycles. The van der Waals surface area contributed by atoms with Gasteiger partial charge in [-0.15, -0.1) is 11.3 Å². The molecule has 0 radical (unpaired) electrons. The molecule has 0 bridgehead atoms. The number of likely N-dealkylation sites (tertiary alicyclic amines) is 1. The van der Waals surface area contributed by atoms with Crippen molar-refractivity contribution in [1.29, 1.82) is 0 Å². The first-order chi connectivity index (χ1) is 12.3. The summed E-state index contributed by atoms with van der Waals surface area (Å²) in [6.07, 6.45) is 8.03. The van der Waals surface area contributed by atoms with Gasteiger partial charge in [-0.05, 0) is 105 Å². The Hall–Kier alpha value is -1.32. The lowest BCUT2D eigenvalue weighted by molar-refractivity contribution is 0.203. The second-order valence-corrected chi connectivity index (χ2v) is 8.57. The van der Waals surface area contributed by atoms with E-state index in [2.05, 4.69) is 40.6 Å². The summed E-state index contributed by atoms with van der Waals surface area (Å²) in [6, 6.07) is 11.1. The summed E-state index contributed by atoms with van der Waals surface area (Å²) in [5.74, 6) is 2.50. The Bertz CT molecular complexity index is 670. The molecule has 1 fully saturated rings. The summed E-state index contributed by atoms with van der Waals surface area (Å²) in [7, 11) is 1.73. The van der Waals surface area contributed by atoms with Gasteiger partial charge in [0.25, 0.3) is 0 Å². The molecule has 0 saturated carbocycles. The maximum absolute atomic E-state index is 5.27. The van der Waals surface area contributed by atoms with Crippen molar-refractivity contribution < 1.29 is 4.74 Å². The molecule has 1 aromatic carbocycles. The van der Waals surface area contributed by atoms with Crippen LogP contribution in [0, 0.1) is 0 Å². The Morgan fingerprint density at radius 1 is 1.08 bits per heavy atom. The third kappa shape index (κ3) is 3.93. The number of aryl methyl sites for hydroxylation is 1. The number of nitrogens with zero attached hydrogens (tertiary/aromatic N) is 1. The second-order valence-electron chi connectivity index (χ2n) is 7.57. The van der Waals surface area contributed by atoms with Crippen LogP contribution in [-0.4, -0.2) is 31.6 Å². The quantitative estimate of drug-likeness (QED) is 0.707. The van der Waals surface area contributed by atoms with E-state index in [0.717, 1.165) is 17.6 Å². The zero-order valence-corrected chi connectivity index (χ0v) is 16.1. The lowest BCUT2D eigenvalue weighted by Gasteiger charge is -2.33. The smallest absolute Gasteiger partial charge is 0.118 e. The first kappa shape index (κ1) is 17.1. The van der Waals surface area contributed by atoms with Gasteiger partial charge >= 0.3 is 0 Å². The van der Waals surface area contributed by atoms with E-state index in [-0.39, 0.29) is 0 Å². The Labute approximate surface area is 155 Å². The maximum atomic E-state index is 5.27. The van der Waals surface area contributed by atoms with Crippen molar-refractivity contribution >= 4 is 11.3 Å². The molecule has 1 aliphatic heterocycles. The van der Waals surface area contributed by atoms with Crippen molar-refractivity contribution in [2.45, 2.75) is 50.4 Å². The van der Waals surface area contributed by atoms with E-state index < -0.39 is 0 Å². The van der Waals surface area contributed by atoms with E-state index >= 15 is 0 Å². The zero-order chi connectivity index (χ0) is 17.1. The van der Waals surface area contributed by atoms with Gasteiger partial charge in [-0.25, -0.2) is 0 Å². The highest BCUT2D eigenvalue weighted by molar-refractivity contribution is 7.10. The van der Waals surface area contributed by atoms with Crippen molar-refractivity contribution in [3.8, 4) is 5.75 Å². The first-order valence-corrected chi connectivity index (χ1v) is 10.6. The topological polar surface area (TPSA) is 12.5 Å². The molecule has 1 saturated heterocycles. The van der Waals surface area contributed by atoms with E-state index in [1.807, 2.05) is 11.3 Å². The summed E-state index contributed by atoms with van der Waals surface area (Å²) in [5.41, 5.74) is 3.15. The predicted molar refractivity (Wildman–Crippen MR) is 106 cm³/mol. The summed E-state index contributed by atoms with van der Waals surface area (Å²) in [6.45, 7) is 3.77. The third-order valence-electron chi connectivity index (χ3n) is 6.14. The molecular weight excluding hydrogens is 326 g/mol. The molecule has 1 aromatic heterocycles. The number of thiophene rings is 1. The fourth-order valence-electron chi connectivity index (χ4n) is 4.59. The van der Waals surface area contributed by atoms with Gasteiger partial charge in [0.2, 0.25) is 0 Å². The summed E-state index contributed by atoms with van der Waals surface area (Å²) >= 11 is 1.97. The number of piperidine rings is 1. The van der Waals surface area contributed by atoms with Crippen molar-refractivity contribution in [3.63, 3.8) is 0 Å². The molecule has 2 nitrogen and oxygen atoms in total. The SMILES string of the molecule is COc1ccc(C2CCN(CCC3CCCc4sccc43)CC2)cc1. The first-order valence-electron chi connectivity index (χ1n) is 9.76.